The van der Waals surface area contributed by atoms with Crippen molar-refractivity contribution >= 4 is 5.97 Å². The van der Waals surface area contributed by atoms with Crippen molar-refractivity contribution in [2.75, 3.05) is 27.7 Å². The minimum atomic E-state index is -1.46. The lowest BCUT2D eigenvalue weighted by atomic mass is 9.86. The molecule has 0 bridgehead atoms. The van der Waals surface area contributed by atoms with Crippen molar-refractivity contribution in [3.8, 4) is 0 Å². The Labute approximate surface area is 149 Å². The van der Waals surface area contributed by atoms with Crippen LogP contribution in [-0.4, -0.2) is 54.9 Å². The van der Waals surface area contributed by atoms with Crippen LogP contribution in [0.5, 0.6) is 0 Å². The van der Waals surface area contributed by atoms with Gasteiger partial charge in [-0.15, -0.1) is 0 Å². The molecule has 0 aromatic heterocycles. The van der Waals surface area contributed by atoms with Crippen LogP contribution < -0.4 is 0 Å². The van der Waals surface area contributed by atoms with Crippen molar-refractivity contribution in [3.05, 3.63) is 71.8 Å². The van der Waals surface area contributed by atoms with Gasteiger partial charge in [0.1, 0.15) is 0 Å². The van der Waals surface area contributed by atoms with Crippen molar-refractivity contribution in [1.29, 1.82) is 0 Å². The Morgan fingerprint density at radius 3 is 1.64 bits per heavy atom. The van der Waals surface area contributed by atoms with Crippen LogP contribution in [-0.2, 0) is 15.1 Å². The summed E-state index contributed by atoms with van der Waals surface area (Å²) in [6.45, 7) is 2.53. The van der Waals surface area contributed by atoms with Gasteiger partial charge < -0.3 is 19.8 Å². The summed E-state index contributed by atoms with van der Waals surface area (Å²) < 4.78 is 5.37. The molecule has 1 atom stereocenters. The SMILES string of the molecule is CC(O)CN(C)C.COC(C(=O)O)(c1ccccc1)c1ccccc1. The predicted molar refractivity (Wildman–Crippen MR) is 98.5 cm³/mol. The molecule has 2 rings (SSSR count). The number of carbonyl (C=O) groups is 1. The zero-order valence-electron chi connectivity index (χ0n) is 15.2. The number of aliphatic hydroxyl groups is 1. The Morgan fingerprint density at radius 2 is 1.44 bits per heavy atom. The fourth-order valence-electron chi connectivity index (χ4n) is 2.61. The van der Waals surface area contributed by atoms with Crippen LogP contribution in [0.1, 0.15) is 18.1 Å². The molecule has 2 aromatic rings. The molecule has 0 radical (unpaired) electrons. The topological polar surface area (TPSA) is 70.0 Å². The number of rotatable bonds is 6. The van der Waals surface area contributed by atoms with Crippen LogP contribution >= 0.6 is 0 Å². The van der Waals surface area contributed by atoms with E-state index < -0.39 is 11.6 Å². The minimum absolute atomic E-state index is 0.199. The van der Waals surface area contributed by atoms with Crippen molar-refractivity contribution in [2.45, 2.75) is 18.6 Å². The van der Waals surface area contributed by atoms with Gasteiger partial charge in [0.15, 0.2) is 0 Å². The first-order valence-electron chi connectivity index (χ1n) is 8.07. The molecule has 2 N–H and O–H groups in total. The molecule has 0 amide bonds. The van der Waals surface area contributed by atoms with Gasteiger partial charge in [-0.25, -0.2) is 4.79 Å². The van der Waals surface area contributed by atoms with E-state index in [0.29, 0.717) is 11.1 Å². The van der Waals surface area contributed by atoms with Gasteiger partial charge in [-0.2, -0.15) is 0 Å². The number of nitrogens with zero attached hydrogens (tertiary/aromatic N) is 1. The highest BCUT2D eigenvalue weighted by Gasteiger charge is 2.42. The van der Waals surface area contributed by atoms with Crippen molar-refractivity contribution in [1.82, 2.24) is 4.90 Å². The van der Waals surface area contributed by atoms with Gasteiger partial charge in [-0.05, 0) is 32.1 Å². The molecule has 1 unspecified atom stereocenters. The van der Waals surface area contributed by atoms with Crippen LogP contribution in [0.4, 0.5) is 0 Å². The summed E-state index contributed by atoms with van der Waals surface area (Å²) >= 11 is 0. The van der Waals surface area contributed by atoms with Crippen LogP contribution in [0.3, 0.4) is 0 Å². The van der Waals surface area contributed by atoms with Crippen LogP contribution in [0.15, 0.2) is 60.7 Å². The smallest absolute Gasteiger partial charge is 0.345 e. The Bertz CT molecular complexity index is 581. The van der Waals surface area contributed by atoms with E-state index in [1.54, 1.807) is 55.5 Å². The molecular weight excluding hydrogens is 318 g/mol. The number of carboxylic acids is 1. The van der Waals surface area contributed by atoms with E-state index in [1.165, 1.54) is 7.11 Å². The summed E-state index contributed by atoms with van der Waals surface area (Å²) in [6, 6.07) is 17.9. The maximum atomic E-state index is 11.7. The summed E-state index contributed by atoms with van der Waals surface area (Å²) in [6.07, 6.45) is -0.199. The van der Waals surface area contributed by atoms with Crippen molar-refractivity contribution in [3.63, 3.8) is 0 Å². The maximum absolute atomic E-state index is 11.7. The summed E-state index contributed by atoms with van der Waals surface area (Å²) in [5.41, 5.74) is -0.250. The summed E-state index contributed by atoms with van der Waals surface area (Å²) in [5, 5.41) is 18.3. The third-order valence-corrected chi connectivity index (χ3v) is 3.60. The molecule has 5 heteroatoms. The molecule has 0 saturated heterocycles. The van der Waals surface area contributed by atoms with E-state index in [0.717, 1.165) is 6.54 Å². The molecule has 136 valence electrons. The Balaban J connectivity index is 0.000000381. The average molecular weight is 345 g/mol. The van der Waals surface area contributed by atoms with E-state index in [2.05, 4.69) is 0 Å². The second kappa shape index (κ2) is 9.93. The lowest BCUT2D eigenvalue weighted by molar-refractivity contribution is -0.158. The number of aliphatic hydroxyl groups excluding tert-OH is 1. The van der Waals surface area contributed by atoms with Gasteiger partial charge in [0.2, 0.25) is 5.60 Å². The van der Waals surface area contributed by atoms with Gasteiger partial charge in [0.05, 0.1) is 6.10 Å². The minimum Gasteiger partial charge on any atom is -0.479 e. The molecule has 5 nitrogen and oxygen atoms in total. The van der Waals surface area contributed by atoms with Gasteiger partial charge >= 0.3 is 5.97 Å². The van der Waals surface area contributed by atoms with Gasteiger partial charge in [-0.3, -0.25) is 0 Å². The molecule has 0 fully saturated rings. The maximum Gasteiger partial charge on any atom is 0.345 e. The zero-order valence-corrected chi connectivity index (χ0v) is 15.2. The molecule has 0 heterocycles. The largest absolute Gasteiger partial charge is 0.479 e. The van der Waals surface area contributed by atoms with Gasteiger partial charge in [0.25, 0.3) is 0 Å². The van der Waals surface area contributed by atoms with E-state index in [1.807, 2.05) is 31.1 Å². The van der Waals surface area contributed by atoms with E-state index in [4.69, 9.17) is 9.84 Å². The highest BCUT2D eigenvalue weighted by molar-refractivity contribution is 5.84. The summed E-state index contributed by atoms with van der Waals surface area (Å²) in [7, 11) is 5.29. The quantitative estimate of drug-likeness (QED) is 0.842. The number of benzene rings is 2. The third-order valence-electron chi connectivity index (χ3n) is 3.60. The molecule has 0 aliphatic heterocycles. The normalized spacial score (nSPS) is 12.2. The third kappa shape index (κ3) is 5.67. The van der Waals surface area contributed by atoms with Crippen LogP contribution in [0.2, 0.25) is 0 Å². The number of hydrogen-bond donors (Lipinski definition) is 2. The molecule has 2 aromatic carbocycles. The Morgan fingerprint density at radius 1 is 1.04 bits per heavy atom. The van der Waals surface area contributed by atoms with Crippen LogP contribution in [0.25, 0.3) is 0 Å². The second-order valence-corrected chi connectivity index (χ2v) is 6.03. The van der Waals surface area contributed by atoms with Gasteiger partial charge in [0, 0.05) is 13.7 Å². The Kier molecular flexibility index (Phi) is 8.28. The summed E-state index contributed by atoms with van der Waals surface area (Å²) in [4.78, 5) is 13.7. The predicted octanol–water partition coefficient (Wildman–Crippen LogP) is 2.59. The molecule has 0 spiro atoms. The Hall–Kier alpha value is -2.21. The number of carboxylic acid groups (broad SMARTS) is 1. The van der Waals surface area contributed by atoms with Crippen molar-refractivity contribution in [2.24, 2.45) is 0 Å². The molecule has 0 aliphatic carbocycles. The lowest BCUT2D eigenvalue weighted by Gasteiger charge is -2.28. The summed E-state index contributed by atoms with van der Waals surface area (Å²) in [5.74, 6) is -1.03. The molecule has 25 heavy (non-hydrogen) atoms. The lowest BCUT2D eigenvalue weighted by Crippen LogP contribution is -2.38. The molecular formula is C20H27NO4. The first-order valence-corrected chi connectivity index (χ1v) is 8.07. The van der Waals surface area contributed by atoms with Crippen LogP contribution in [0, 0.1) is 0 Å². The van der Waals surface area contributed by atoms with E-state index in [9.17, 15) is 9.90 Å². The fourth-order valence-corrected chi connectivity index (χ4v) is 2.61. The number of methoxy groups -OCH3 is 1. The highest BCUT2D eigenvalue weighted by Crippen LogP contribution is 2.33. The second-order valence-electron chi connectivity index (χ2n) is 6.03. The number of hydrogen-bond acceptors (Lipinski definition) is 4. The first kappa shape index (κ1) is 20.8. The average Bonchev–Trinajstić information content (AvgIpc) is 2.57. The standard InChI is InChI=1S/C15H14O3.C5H13NO/c1-18-15(14(16)17,12-8-4-2-5-9-12)13-10-6-3-7-11-13;1-5(7)4-6(2)3/h2-11H,1H3,(H,16,17);5,7H,4H2,1-3H3. The first-order chi connectivity index (χ1) is 11.8. The zero-order chi connectivity index (χ0) is 18.9. The monoisotopic (exact) mass is 345 g/mol. The molecule has 0 saturated carbocycles. The molecule has 0 aliphatic rings. The number of aliphatic carboxylic acids is 1. The number of likely N-dealkylation sites (N-methyl/N-ethyl adjacent to an activating group) is 1. The highest BCUT2D eigenvalue weighted by atomic mass is 16.5. The van der Waals surface area contributed by atoms with Crippen molar-refractivity contribution < 1.29 is 19.7 Å². The van der Waals surface area contributed by atoms with E-state index in [-0.39, 0.29) is 6.10 Å². The fraction of sp³-hybridized carbons (Fsp3) is 0.350. The van der Waals surface area contributed by atoms with Gasteiger partial charge in [-0.1, -0.05) is 60.7 Å². The van der Waals surface area contributed by atoms with E-state index >= 15 is 0 Å². The number of ether oxygens (including phenoxy) is 1.